The molecule has 0 unspecified atom stereocenters. The highest BCUT2D eigenvalue weighted by Crippen LogP contribution is 2.27. The Labute approximate surface area is 121 Å². The van der Waals surface area contributed by atoms with Crippen molar-refractivity contribution in [2.24, 2.45) is 0 Å². The van der Waals surface area contributed by atoms with Crippen molar-refractivity contribution < 1.29 is 8.42 Å². The van der Waals surface area contributed by atoms with Crippen molar-refractivity contribution in [1.82, 2.24) is 13.7 Å². The zero-order valence-corrected chi connectivity index (χ0v) is 12.8. The minimum absolute atomic E-state index is 0.121. The van der Waals surface area contributed by atoms with Crippen LogP contribution in [-0.2, 0) is 10.0 Å². The van der Waals surface area contributed by atoms with E-state index in [0.29, 0.717) is 17.3 Å². The Bertz CT molecular complexity index is 741. The smallest absolute Gasteiger partial charge is 0.262 e. The molecule has 0 aromatic carbocycles. The second-order valence-electron chi connectivity index (χ2n) is 4.09. The van der Waals surface area contributed by atoms with Crippen LogP contribution in [0.1, 0.15) is 13.3 Å². The van der Waals surface area contributed by atoms with Crippen molar-refractivity contribution >= 4 is 32.1 Å². The van der Waals surface area contributed by atoms with Crippen LogP contribution in [0.5, 0.6) is 0 Å². The minimum Gasteiger partial charge on any atom is -0.368 e. The summed E-state index contributed by atoms with van der Waals surface area (Å²) in [5.74, 6) is 0.350. The van der Waals surface area contributed by atoms with Gasteiger partial charge >= 0.3 is 0 Å². The first-order valence-electron chi connectivity index (χ1n) is 6.05. The molecule has 2 aromatic rings. The quantitative estimate of drug-likeness (QED) is 0.869. The zero-order chi connectivity index (χ0) is 14.8. The summed E-state index contributed by atoms with van der Waals surface area (Å²) in [4.78, 5) is 4.91. The van der Waals surface area contributed by atoms with Gasteiger partial charge in [0.25, 0.3) is 10.0 Å². The van der Waals surface area contributed by atoms with Crippen LogP contribution in [0.15, 0.2) is 16.6 Å². The number of nitrogens with zero attached hydrogens (tertiary/aromatic N) is 4. The highest BCUT2D eigenvalue weighted by Gasteiger charge is 2.29. The van der Waals surface area contributed by atoms with E-state index in [1.54, 1.807) is 16.0 Å². The average molecular weight is 313 g/mol. The standard InChI is InChI=1S/C11H15N5O2S2/c1-3-13-9-10(16-7-8-19-11(16)14-9)20(17,18)15(2)6-4-5-12/h7-8,13H,3-4,6H2,1-2H3. The number of thiazole rings is 1. The van der Waals surface area contributed by atoms with E-state index in [0.717, 1.165) is 0 Å². The molecule has 0 saturated heterocycles. The molecule has 1 N–H and O–H groups in total. The lowest BCUT2D eigenvalue weighted by atomic mass is 10.5. The Morgan fingerprint density at radius 1 is 1.60 bits per heavy atom. The Morgan fingerprint density at radius 2 is 2.35 bits per heavy atom. The SMILES string of the molecule is CCNc1nc2sccn2c1S(=O)(=O)N(C)CCC#N. The van der Waals surface area contributed by atoms with Gasteiger partial charge < -0.3 is 5.32 Å². The molecule has 2 rings (SSSR count). The number of fused-ring (bicyclic) bond motifs is 1. The van der Waals surface area contributed by atoms with E-state index in [4.69, 9.17) is 5.26 Å². The minimum atomic E-state index is -3.69. The normalized spacial score (nSPS) is 11.9. The van der Waals surface area contributed by atoms with Gasteiger partial charge in [-0.25, -0.2) is 13.4 Å². The molecule has 7 nitrogen and oxygen atoms in total. The fourth-order valence-corrected chi connectivity index (χ4v) is 3.93. The number of nitriles is 1. The Hall–Kier alpha value is -1.63. The van der Waals surface area contributed by atoms with Crippen molar-refractivity contribution in [2.45, 2.75) is 18.4 Å². The molecule has 0 amide bonds. The number of sulfonamides is 1. The average Bonchev–Trinajstić information content (AvgIpc) is 2.95. The van der Waals surface area contributed by atoms with Crippen LogP contribution in [-0.4, -0.2) is 42.2 Å². The molecular formula is C11H15N5O2S2. The van der Waals surface area contributed by atoms with Gasteiger partial charge in [0.2, 0.25) is 0 Å². The molecule has 9 heteroatoms. The summed E-state index contributed by atoms with van der Waals surface area (Å²) in [6.07, 6.45) is 1.83. The Morgan fingerprint density at radius 3 is 3.00 bits per heavy atom. The number of imidazole rings is 1. The van der Waals surface area contributed by atoms with Gasteiger partial charge in [0.15, 0.2) is 15.8 Å². The van der Waals surface area contributed by atoms with Crippen molar-refractivity contribution in [2.75, 3.05) is 25.5 Å². The predicted octanol–water partition coefficient (Wildman–Crippen LogP) is 1.36. The van der Waals surface area contributed by atoms with Crippen LogP contribution in [0, 0.1) is 11.3 Å². The first-order valence-corrected chi connectivity index (χ1v) is 8.37. The number of aromatic nitrogens is 2. The highest BCUT2D eigenvalue weighted by atomic mass is 32.2. The van der Waals surface area contributed by atoms with Crippen molar-refractivity contribution in [3.8, 4) is 6.07 Å². The lowest BCUT2D eigenvalue weighted by Crippen LogP contribution is -2.29. The van der Waals surface area contributed by atoms with Gasteiger partial charge in [-0.05, 0) is 6.92 Å². The van der Waals surface area contributed by atoms with Crippen LogP contribution < -0.4 is 5.32 Å². The van der Waals surface area contributed by atoms with Gasteiger partial charge in [-0.3, -0.25) is 4.40 Å². The highest BCUT2D eigenvalue weighted by molar-refractivity contribution is 7.89. The molecule has 0 spiro atoms. The van der Waals surface area contributed by atoms with Gasteiger partial charge in [-0.15, -0.1) is 11.3 Å². The Kier molecular flexibility index (Phi) is 4.27. The van der Waals surface area contributed by atoms with Gasteiger partial charge in [0.1, 0.15) is 0 Å². The topological polar surface area (TPSA) is 90.5 Å². The molecule has 2 aromatic heterocycles. The summed E-state index contributed by atoms with van der Waals surface area (Å²) in [5, 5.41) is 13.5. The molecule has 20 heavy (non-hydrogen) atoms. The van der Waals surface area contributed by atoms with E-state index in [1.165, 1.54) is 22.7 Å². The van der Waals surface area contributed by atoms with E-state index in [9.17, 15) is 8.42 Å². The first-order chi connectivity index (χ1) is 9.52. The van der Waals surface area contributed by atoms with Crippen molar-refractivity contribution in [3.05, 3.63) is 11.6 Å². The van der Waals surface area contributed by atoms with E-state index < -0.39 is 10.0 Å². The van der Waals surface area contributed by atoms with Gasteiger partial charge in [-0.2, -0.15) is 9.57 Å². The molecule has 0 fully saturated rings. The molecule has 108 valence electrons. The van der Waals surface area contributed by atoms with E-state index in [-0.39, 0.29) is 18.0 Å². The lowest BCUT2D eigenvalue weighted by molar-refractivity contribution is 0.473. The second-order valence-corrected chi connectivity index (χ2v) is 6.92. The van der Waals surface area contributed by atoms with Gasteiger partial charge in [0, 0.05) is 38.1 Å². The number of hydrogen-bond acceptors (Lipinski definition) is 6. The Balaban J connectivity index is 2.51. The zero-order valence-electron chi connectivity index (χ0n) is 11.2. The summed E-state index contributed by atoms with van der Waals surface area (Å²) in [6, 6.07) is 1.95. The van der Waals surface area contributed by atoms with E-state index in [2.05, 4.69) is 10.3 Å². The summed E-state index contributed by atoms with van der Waals surface area (Å²) in [7, 11) is -2.22. The summed E-state index contributed by atoms with van der Waals surface area (Å²) >= 11 is 1.37. The second kappa shape index (κ2) is 5.78. The molecule has 0 aliphatic rings. The van der Waals surface area contributed by atoms with Crippen LogP contribution in [0.3, 0.4) is 0 Å². The predicted molar refractivity (Wildman–Crippen MR) is 77.3 cm³/mol. The van der Waals surface area contributed by atoms with Crippen LogP contribution in [0.25, 0.3) is 4.96 Å². The van der Waals surface area contributed by atoms with Crippen LogP contribution in [0.2, 0.25) is 0 Å². The molecule has 0 radical (unpaired) electrons. The third-order valence-corrected chi connectivity index (χ3v) is 5.39. The van der Waals surface area contributed by atoms with Crippen LogP contribution >= 0.6 is 11.3 Å². The molecule has 0 aliphatic carbocycles. The maximum atomic E-state index is 12.6. The number of nitrogens with one attached hydrogen (secondary N) is 1. The van der Waals surface area contributed by atoms with Gasteiger partial charge in [-0.1, -0.05) is 0 Å². The third-order valence-electron chi connectivity index (χ3n) is 2.76. The fourth-order valence-electron chi connectivity index (χ4n) is 1.77. The molecule has 2 heterocycles. The largest absolute Gasteiger partial charge is 0.368 e. The number of rotatable bonds is 6. The van der Waals surface area contributed by atoms with E-state index in [1.807, 2.05) is 13.0 Å². The van der Waals surface area contributed by atoms with Crippen LogP contribution in [0.4, 0.5) is 5.82 Å². The lowest BCUT2D eigenvalue weighted by Gasteiger charge is -2.16. The van der Waals surface area contributed by atoms with Crippen molar-refractivity contribution in [3.63, 3.8) is 0 Å². The van der Waals surface area contributed by atoms with Gasteiger partial charge in [0.05, 0.1) is 6.07 Å². The van der Waals surface area contributed by atoms with Crippen molar-refractivity contribution in [1.29, 1.82) is 5.26 Å². The molecule has 0 bridgehead atoms. The molecule has 0 saturated carbocycles. The maximum Gasteiger partial charge on any atom is 0.262 e. The summed E-state index contributed by atoms with van der Waals surface area (Å²) < 4.78 is 28.0. The monoisotopic (exact) mass is 313 g/mol. The number of hydrogen-bond donors (Lipinski definition) is 1. The maximum absolute atomic E-state index is 12.6. The molecule has 0 aliphatic heterocycles. The molecular weight excluding hydrogens is 298 g/mol. The number of anilines is 1. The summed E-state index contributed by atoms with van der Waals surface area (Å²) in [6.45, 7) is 2.61. The first kappa shape index (κ1) is 14.8. The fraction of sp³-hybridized carbons (Fsp3) is 0.455. The molecule has 0 atom stereocenters. The third kappa shape index (κ3) is 2.49. The van der Waals surface area contributed by atoms with E-state index >= 15 is 0 Å². The summed E-state index contributed by atoms with van der Waals surface area (Å²) in [5.41, 5.74) is 0.